The molecule has 1 fully saturated rings. The topological polar surface area (TPSA) is 69.0 Å². The van der Waals surface area contributed by atoms with E-state index in [1.54, 1.807) is 6.33 Å². The number of carbonyl (C=O) groups is 1. The molecule has 8 heteroatoms. The van der Waals surface area contributed by atoms with Gasteiger partial charge in [0.1, 0.15) is 17.8 Å². The summed E-state index contributed by atoms with van der Waals surface area (Å²) in [6.45, 7) is 0. The first-order valence-electron chi connectivity index (χ1n) is 8.53. The van der Waals surface area contributed by atoms with Gasteiger partial charge in [0.15, 0.2) is 5.16 Å². The van der Waals surface area contributed by atoms with Crippen LogP contribution in [0.25, 0.3) is 0 Å². The van der Waals surface area contributed by atoms with Gasteiger partial charge in [-0.2, -0.15) is 0 Å². The number of nitrogens with zero attached hydrogens (tertiary/aromatic N) is 3. The summed E-state index contributed by atoms with van der Waals surface area (Å²) < 4.78 is 8.82. The number of carbonyl (C=O) groups excluding carboxylic acids is 1. The molecule has 1 aliphatic rings. The normalized spacial score (nSPS) is 13.4. The lowest BCUT2D eigenvalue weighted by molar-refractivity contribution is -0.113. The highest BCUT2D eigenvalue weighted by atomic mass is 79.9. The molecule has 1 aliphatic carbocycles. The van der Waals surface area contributed by atoms with Gasteiger partial charge in [0.2, 0.25) is 5.91 Å². The van der Waals surface area contributed by atoms with Gasteiger partial charge in [-0.05, 0) is 61.4 Å². The molecule has 1 amide bonds. The molecule has 6 nitrogen and oxygen atoms in total. The van der Waals surface area contributed by atoms with Crippen LogP contribution in [-0.4, -0.2) is 26.4 Å². The third kappa shape index (κ3) is 4.90. The highest BCUT2D eigenvalue weighted by Crippen LogP contribution is 2.37. The van der Waals surface area contributed by atoms with Crippen molar-refractivity contribution in [1.29, 1.82) is 0 Å². The zero-order valence-electron chi connectivity index (χ0n) is 14.3. The molecule has 2 aromatic carbocycles. The van der Waals surface area contributed by atoms with E-state index in [2.05, 4.69) is 31.4 Å². The Morgan fingerprint density at radius 3 is 2.48 bits per heavy atom. The van der Waals surface area contributed by atoms with Crippen LogP contribution in [0.15, 0.2) is 64.5 Å². The molecular weight excluding hydrogens is 428 g/mol. The number of rotatable bonds is 7. The SMILES string of the molecule is O=C(CSc1nncn1C1CC1)Nc1ccc(Oc2ccc(Br)cc2)cc1. The molecule has 0 aliphatic heterocycles. The number of hydrogen-bond donors (Lipinski definition) is 1. The Labute approximate surface area is 169 Å². The van der Waals surface area contributed by atoms with E-state index in [9.17, 15) is 4.79 Å². The van der Waals surface area contributed by atoms with E-state index in [0.717, 1.165) is 33.9 Å². The van der Waals surface area contributed by atoms with Gasteiger partial charge < -0.3 is 14.6 Å². The van der Waals surface area contributed by atoms with Crippen LogP contribution in [0.2, 0.25) is 0 Å². The molecule has 4 rings (SSSR count). The van der Waals surface area contributed by atoms with Gasteiger partial charge in [-0.15, -0.1) is 10.2 Å². The zero-order valence-corrected chi connectivity index (χ0v) is 16.7. The second-order valence-electron chi connectivity index (χ2n) is 6.17. The smallest absolute Gasteiger partial charge is 0.234 e. The van der Waals surface area contributed by atoms with Gasteiger partial charge in [0.05, 0.1) is 5.75 Å². The fourth-order valence-electron chi connectivity index (χ4n) is 2.51. The maximum absolute atomic E-state index is 12.2. The van der Waals surface area contributed by atoms with Crippen LogP contribution in [-0.2, 0) is 4.79 Å². The van der Waals surface area contributed by atoms with Crippen LogP contribution in [0, 0.1) is 0 Å². The largest absolute Gasteiger partial charge is 0.457 e. The average molecular weight is 445 g/mol. The number of aromatic nitrogens is 3. The number of ether oxygens (including phenoxy) is 1. The molecule has 0 unspecified atom stereocenters. The van der Waals surface area contributed by atoms with Gasteiger partial charge in [-0.3, -0.25) is 4.79 Å². The van der Waals surface area contributed by atoms with Crippen LogP contribution in [0.1, 0.15) is 18.9 Å². The van der Waals surface area contributed by atoms with Gasteiger partial charge >= 0.3 is 0 Å². The number of nitrogens with one attached hydrogen (secondary N) is 1. The number of halogens is 1. The molecule has 0 atom stereocenters. The van der Waals surface area contributed by atoms with E-state index in [-0.39, 0.29) is 5.91 Å². The summed E-state index contributed by atoms with van der Waals surface area (Å²) in [6, 6.07) is 15.4. The number of hydrogen-bond acceptors (Lipinski definition) is 5. The van der Waals surface area contributed by atoms with E-state index in [0.29, 0.717) is 17.5 Å². The van der Waals surface area contributed by atoms with E-state index < -0.39 is 0 Å². The van der Waals surface area contributed by atoms with Crippen molar-refractivity contribution in [3.63, 3.8) is 0 Å². The van der Waals surface area contributed by atoms with Crippen molar-refractivity contribution in [3.05, 3.63) is 59.3 Å². The Balaban J connectivity index is 1.29. The molecule has 0 spiro atoms. The third-order valence-corrected chi connectivity index (χ3v) is 5.49. The quantitative estimate of drug-likeness (QED) is 0.524. The summed E-state index contributed by atoms with van der Waals surface area (Å²) in [4.78, 5) is 12.2. The first kappa shape index (κ1) is 18.1. The predicted molar refractivity (Wildman–Crippen MR) is 108 cm³/mol. The molecule has 0 radical (unpaired) electrons. The van der Waals surface area contributed by atoms with Crippen LogP contribution < -0.4 is 10.1 Å². The second-order valence-corrected chi connectivity index (χ2v) is 8.03. The summed E-state index contributed by atoms with van der Waals surface area (Å²) in [5, 5.41) is 11.7. The van der Waals surface area contributed by atoms with Crippen LogP contribution in [0.3, 0.4) is 0 Å². The maximum atomic E-state index is 12.2. The van der Waals surface area contributed by atoms with E-state index >= 15 is 0 Å². The minimum Gasteiger partial charge on any atom is -0.457 e. The summed E-state index contributed by atoms with van der Waals surface area (Å²) in [7, 11) is 0. The van der Waals surface area contributed by atoms with Crippen molar-refractivity contribution >= 4 is 39.3 Å². The average Bonchev–Trinajstić information content (AvgIpc) is 3.41. The van der Waals surface area contributed by atoms with Crippen LogP contribution >= 0.6 is 27.7 Å². The Kier molecular flexibility index (Phi) is 5.45. The van der Waals surface area contributed by atoms with Gasteiger partial charge in [0, 0.05) is 16.2 Å². The number of thioether (sulfide) groups is 1. The van der Waals surface area contributed by atoms with Crippen LogP contribution in [0.4, 0.5) is 5.69 Å². The lowest BCUT2D eigenvalue weighted by Crippen LogP contribution is -2.14. The van der Waals surface area contributed by atoms with Crippen LogP contribution in [0.5, 0.6) is 11.5 Å². The Hall–Kier alpha value is -2.32. The van der Waals surface area contributed by atoms with Gasteiger partial charge in [-0.1, -0.05) is 27.7 Å². The minimum atomic E-state index is -0.0769. The Morgan fingerprint density at radius 2 is 1.81 bits per heavy atom. The lowest BCUT2D eigenvalue weighted by Gasteiger charge is -2.08. The van der Waals surface area contributed by atoms with E-state index in [1.165, 1.54) is 11.8 Å². The monoisotopic (exact) mass is 444 g/mol. The van der Waals surface area contributed by atoms with E-state index in [4.69, 9.17) is 4.74 Å². The molecular formula is C19H17BrN4O2S. The van der Waals surface area contributed by atoms with Crippen molar-refractivity contribution in [1.82, 2.24) is 14.8 Å². The van der Waals surface area contributed by atoms with Crippen molar-refractivity contribution in [3.8, 4) is 11.5 Å². The maximum Gasteiger partial charge on any atom is 0.234 e. The molecule has 0 bridgehead atoms. The van der Waals surface area contributed by atoms with Crippen molar-refractivity contribution in [2.75, 3.05) is 11.1 Å². The molecule has 27 heavy (non-hydrogen) atoms. The van der Waals surface area contributed by atoms with Crippen molar-refractivity contribution in [2.24, 2.45) is 0 Å². The lowest BCUT2D eigenvalue weighted by atomic mass is 10.3. The van der Waals surface area contributed by atoms with Crippen molar-refractivity contribution < 1.29 is 9.53 Å². The molecule has 1 saturated carbocycles. The number of benzene rings is 2. The highest BCUT2D eigenvalue weighted by molar-refractivity contribution is 9.10. The fourth-order valence-corrected chi connectivity index (χ4v) is 3.56. The first-order chi connectivity index (χ1) is 13.2. The fraction of sp³-hybridized carbons (Fsp3) is 0.211. The molecule has 3 aromatic rings. The van der Waals surface area contributed by atoms with Crippen molar-refractivity contribution in [2.45, 2.75) is 24.0 Å². The number of anilines is 1. The molecule has 1 heterocycles. The zero-order chi connectivity index (χ0) is 18.6. The molecule has 1 N–H and O–H groups in total. The summed E-state index contributed by atoms with van der Waals surface area (Å²) in [5.74, 6) is 1.68. The Morgan fingerprint density at radius 1 is 1.15 bits per heavy atom. The molecule has 0 saturated heterocycles. The summed E-state index contributed by atoms with van der Waals surface area (Å²) in [5.41, 5.74) is 0.729. The minimum absolute atomic E-state index is 0.0769. The predicted octanol–water partition coefficient (Wildman–Crippen LogP) is 4.90. The second kappa shape index (κ2) is 8.14. The number of amides is 1. The summed E-state index contributed by atoms with van der Waals surface area (Å²) >= 11 is 4.80. The third-order valence-electron chi connectivity index (χ3n) is 4.00. The molecule has 1 aromatic heterocycles. The summed E-state index contributed by atoms with van der Waals surface area (Å²) in [6.07, 6.45) is 4.06. The van der Waals surface area contributed by atoms with Gasteiger partial charge in [-0.25, -0.2) is 0 Å². The Bertz CT molecular complexity index is 924. The standard InChI is InChI=1S/C19H17BrN4O2S/c20-13-1-7-16(8-2-13)26-17-9-3-14(4-10-17)22-18(25)11-27-19-23-21-12-24(19)15-5-6-15/h1-4,7-10,12,15H,5-6,11H2,(H,22,25). The van der Waals surface area contributed by atoms with E-state index in [1.807, 2.05) is 53.1 Å². The highest BCUT2D eigenvalue weighted by Gasteiger charge is 2.26. The molecule has 138 valence electrons. The first-order valence-corrected chi connectivity index (χ1v) is 10.3. The van der Waals surface area contributed by atoms with Gasteiger partial charge in [0.25, 0.3) is 0 Å².